The molecule has 2 N–H and O–H groups in total. The van der Waals surface area contributed by atoms with Crippen LogP contribution in [0.1, 0.15) is 5.56 Å². The molecule has 0 saturated heterocycles. The summed E-state index contributed by atoms with van der Waals surface area (Å²) in [4.78, 5) is 0. The molecule has 0 unspecified atom stereocenters. The zero-order valence-corrected chi connectivity index (χ0v) is 10.9. The van der Waals surface area contributed by atoms with E-state index < -0.39 is 0 Å². The molecule has 1 heterocycles. The van der Waals surface area contributed by atoms with Crippen LogP contribution in [0.4, 0.5) is 0 Å². The van der Waals surface area contributed by atoms with Crippen LogP contribution < -0.4 is 10.2 Å². The van der Waals surface area contributed by atoms with Crippen LogP contribution in [0, 0.1) is 0 Å². The Labute approximate surface area is 108 Å². The van der Waals surface area contributed by atoms with E-state index in [9.17, 15) is 5.11 Å². The van der Waals surface area contributed by atoms with E-state index in [1.54, 1.807) is 18.2 Å². The lowest BCUT2D eigenvalue weighted by Crippen LogP contribution is -2.34. The summed E-state index contributed by atoms with van der Waals surface area (Å²) in [6, 6.07) is 7.79. The molecule has 0 aliphatic carbocycles. The molecule has 0 atom stereocenters. The zero-order chi connectivity index (χ0) is 12.3. The molecule has 2 rings (SSSR count). The van der Waals surface area contributed by atoms with E-state index in [1.165, 1.54) is 0 Å². The Morgan fingerprint density at radius 1 is 1.35 bits per heavy atom. The van der Waals surface area contributed by atoms with E-state index in [4.69, 9.17) is 4.74 Å². The van der Waals surface area contributed by atoms with Crippen molar-refractivity contribution >= 4 is 15.9 Å². The third kappa shape index (κ3) is 2.94. The first-order valence-electron chi connectivity index (χ1n) is 5.12. The third-order valence-corrected chi connectivity index (χ3v) is 3.03. The number of benzene rings is 1. The Hall–Kier alpha value is -1.62. The van der Waals surface area contributed by atoms with Gasteiger partial charge in [-0.15, -0.1) is 0 Å². The number of aliphatic hydroxyl groups excluding tert-OH is 1. The van der Waals surface area contributed by atoms with Crippen molar-refractivity contribution in [1.82, 2.24) is 10.4 Å². The van der Waals surface area contributed by atoms with Gasteiger partial charge in [0.05, 0.1) is 18.1 Å². The first-order valence-corrected chi connectivity index (χ1v) is 5.91. The third-order valence-electron chi connectivity index (χ3n) is 2.39. The number of rotatable bonds is 3. The maximum absolute atomic E-state index is 9.52. The molecule has 0 fully saturated rings. The number of nitrogens with one attached hydrogen (secondary N) is 1. The van der Waals surface area contributed by atoms with Crippen LogP contribution in [-0.4, -0.2) is 17.2 Å². The highest BCUT2D eigenvalue weighted by Gasteiger charge is 2.09. The van der Waals surface area contributed by atoms with Gasteiger partial charge in [-0.2, -0.15) is 0 Å². The van der Waals surface area contributed by atoms with Crippen LogP contribution in [0.3, 0.4) is 0 Å². The van der Waals surface area contributed by atoms with Crippen molar-refractivity contribution in [3.05, 3.63) is 52.5 Å². The first kappa shape index (κ1) is 11.9. The van der Waals surface area contributed by atoms with Crippen LogP contribution in [0.5, 0.6) is 5.75 Å². The second-order valence-corrected chi connectivity index (χ2v) is 4.45. The monoisotopic (exact) mass is 296 g/mol. The summed E-state index contributed by atoms with van der Waals surface area (Å²) >= 11 is 3.22. The molecule has 0 bridgehead atoms. The van der Waals surface area contributed by atoms with Crippen LogP contribution in [0.2, 0.25) is 0 Å². The molecule has 0 saturated carbocycles. The summed E-state index contributed by atoms with van der Waals surface area (Å²) in [5.41, 5.74) is 3.97. The predicted octanol–water partition coefficient (Wildman–Crippen LogP) is 2.65. The number of ether oxygens (including phenoxy) is 1. The van der Waals surface area contributed by atoms with Crippen molar-refractivity contribution in [2.75, 3.05) is 7.11 Å². The molecule has 0 spiro atoms. The number of nitrogens with zero attached hydrogens (tertiary/aromatic N) is 1. The van der Waals surface area contributed by atoms with Crippen molar-refractivity contribution in [1.29, 1.82) is 0 Å². The second kappa shape index (κ2) is 5.14. The predicted molar refractivity (Wildman–Crippen MR) is 69.4 cm³/mol. The van der Waals surface area contributed by atoms with Gasteiger partial charge in [0.15, 0.2) is 0 Å². The van der Waals surface area contributed by atoms with Gasteiger partial charge in [-0.05, 0) is 39.7 Å². The first-order chi connectivity index (χ1) is 8.19. The van der Waals surface area contributed by atoms with Crippen molar-refractivity contribution in [2.45, 2.75) is 6.54 Å². The Bertz CT molecular complexity index is 454. The van der Waals surface area contributed by atoms with E-state index >= 15 is 0 Å². The number of methoxy groups -OCH3 is 1. The van der Waals surface area contributed by atoms with E-state index in [0.29, 0.717) is 11.0 Å². The molecule has 4 nitrogen and oxygen atoms in total. The minimum absolute atomic E-state index is 0.112. The molecule has 1 aromatic carbocycles. The van der Waals surface area contributed by atoms with Gasteiger partial charge in [0.2, 0.25) is 5.88 Å². The summed E-state index contributed by atoms with van der Waals surface area (Å²) < 4.78 is 5.74. The second-order valence-electron chi connectivity index (χ2n) is 3.60. The SMILES string of the molecule is COc1ccc(CN2C=CC(Br)=C(O)N2)cc1. The van der Waals surface area contributed by atoms with E-state index in [0.717, 1.165) is 11.3 Å². The maximum Gasteiger partial charge on any atom is 0.218 e. The van der Waals surface area contributed by atoms with E-state index in [-0.39, 0.29) is 5.88 Å². The van der Waals surface area contributed by atoms with Gasteiger partial charge in [0.1, 0.15) is 5.75 Å². The molecule has 5 heteroatoms. The average molecular weight is 297 g/mol. The summed E-state index contributed by atoms with van der Waals surface area (Å²) in [7, 11) is 1.64. The van der Waals surface area contributed by atoms with Crippen molar-refractivity contribution < 1.29 is 9.84 Å². The van der Waals surface area contributed by atoms with Gasteiger partial charge in [-0.3, -0.25) is 10.4 Å². The lowest BCUT2D eigenvalue weighted by Gasteiger charge is -2.25. The Kier molecular flexibility index (Phi) is 3.58. The molecule has 1 aliphatic rings. The van der Waals surface area contributed by atoms with Crippen LogP contribution in [0.25, 0.3) is 0 Å². The van der Waals surface area contributed by atoms with Crippen LogP contribution >= 0.6 is 15.9 Å². The maximum atomic E-state index is 9.52. The van der Waals surface area contributed by atoms with Crippen LogP contribution in [0.15, 0.2) is 46.9 Å². The van der Waals surface area contributed by atoms with Gasteiger partial charge < -0.3 is 9.84 Å². The molecule has 17 heavy (non-hydrogen) atoms. The zero-order valence-electron chi connectivity index (χ0n) is 9.35. The fourth-order valence-corrected chi connectivity index (χ4v) is 1.69. The standard InChI is InChI=1S/C12H13BrN2O2/c1-17-10-4-2-9(3-5-10)8-15-7-6-11(13)12(16)14-15/h2-7,14,16H,8H2,1H3. The minimum atomic E-state index is 0.112. The highest BCUT2D eigenvalue weighted by Crippen LogP contribution is 2.17. The summed E-state index contributed by atoms with van der Waals surface area (Å²) in [6.07, 6.45) is 3.64. The van der Waals surface area contributed by atoms with Gasteiger partial charge in [0.25, 0.3) is 0 Å². The van der Waals surface area contributed by atoms with Gasteiger partial charge in [-0.25, -0.2) is 0 Å². The molecular formula is C12H13BrN2O2. The smallest absolute Gasteiger partial charge is 0.218 e. The Morgan fingerprint density at radius 3 is 2.65 bits per heavy atom. The fraction of sp³-hybridized carbons (Fsp3) is 0.167. The quantitative estimate of drug-likeness (QED) is 0.900. The Balaban J connectivity index is 2.00. The van der Waals surface area contributed by atoms with Crippen molar-refractivity contribution in [2.24, 2.45) is 0 Å². The normalized spacial score (nSPS) is 14.8. The lowest BCUT2D eigenvalue weighted by atomic mass is 10.2. The summed E-state index contributed by atoms with van der Waals surface area (Å²) in [5.74, 6) is 0.947. The molecule has 0 aromatic heterocycles. The number of allylic oxidation sites excluding steroid dienone is 2. The number of hydrogen-bond donors (Lipinski definition) is 2. The van der Waals surface area contributed by atoms with Crippen LogP contribution in [-0.2, 0) is 6.54 Å². The molecule has 0 amide bonds. The van der Waals surface area contributed by atoms with Crippen molar-refractivity contribution in [3.63, 3.8) is 0 Å². The van der Waals surface area contributed by atoms with Crippen molar-refractivity contribution in [3.8, 4) is 5.75 Å². The van der Waals surface area contributed by atoms with Gasteiger partial charge in [-0.1, -0.05) is 12.1 Å². The lowest BCUT2D eigenvalue weighted by molar-refractivity contribution is 0.212. The fourth-order valence-electron chi connectivity index (χ4n) is 1.48. The number of halogens is 1. The number of hydrogen-bond acceptors (Lipinski definition) is 4. The largest absolute Gasteiger partial charge is 0.497 e. The number of hydrazine groups is 1. The average Bonchev–Trinajstić information content (AvgIpc) is 2.35. The van der Waals surface area contributed by atoms with E-state index in [2.05, 4.69) is 21.4 Å². The van der Waals surface area contributed by atoms with E-state index in [1.807, 2.05) is 30.5 Å². The highest BCUT2D eigenvalue weighted by atomic mass is 79.9. The highest BCUT2D eigenvalue weighted by molar-refractivity contribution is 9.11. The molecular weight excluding hydrogens is 284 g/mol. The molecule has 1 aromatic rings. The Morgan fingerprint density at radius 2 is 2.06 bits per heavy atom. The topological polar surface area (TPSA) is 44.7 Å². The van der Waals surface area contributed by atoms with Gasteiger partial charge >= 0.3 is 0 Å². The molecule has 90 valence electrons. The summed E-state index contributed by atoms with van der Waals surface area (Å²) in [6.45, 7) is 0.658. The summed E-state index contributed by atoms with van der Waals surface area (Å²) in [5, 5.41) is 11.3. The molecule has 0 radical (unpaired) electrons. The number of aliphatic hydroxyl groups is 1. The molecule has 1 aliphatic heterocycles. The minimum Gasteiger partial charge on any atom is -0.497 e. The van der Waals surface area contributed by atoms with Gasteiger partial charge in [0, 0.05) is 6.20 Å².